The predicted octanol–water partition coefficient (Wildman–Crippen LogP) is 3.35. The molecule has 0 aliphatic carbocycles. The van der Waals surface area contributed by atoms with Crippen LogP contribution in [-0.2, 0) is 21.7 Å². The minimum Gasteiger partial charge on any atom is -0.445 e. The van der Waals surface area contributed by atoms with Crippen molar-refractivity contribution < 1.29 is 28.2 Å². The fourth-order valence-electron chi connectivity index (χ4n) is 4.15. The van der Waals surface area contributed by atoms with Crippen molar-refractivity contribution in [2.24, 2.45) is 0 Å². The molecule has 2 aromatic rings. The van der Waals surface area contributed by atoms with Gasteiger partial charge in [0, 0.05) is 18.4 Å². The van der Waals surface area contributed by atoms with Crippen LogP contribution in [0.3, 0.4) is 0 Å². The van der Waals surface area contributed by atoms with E-state index in [1.54, 1.807) is 4.90 Å². The first-order chi connectivity index (χ1) is 13.5. The number of piperidine rings is 1. The fourth-order valence-corrected chi connectivity index (χ4v) is 4.15. The number of amides is 1. The number of aliphatic hydroxyl groups is 1. The van der Waals surface area contributed by atoms with Crippen LogP contribution < -0.4 is 0 Å². The first-order valence-corrected chi connectivity index (χ1v) is 9.21. The summed E-state index contributed by atoms with van der Waals surface area (Å²) < 4.78 is 38.9. The van der Waals surface area contributed by atoms with Crippen LogP contribution in [0.15, 0.2) is 48.5 Å². The van der Waals surface area contributed by atoms with Gasteiger partial charge in [0.25, 0.3) is 0 Å². The van der Waals surface area contributed by atoms with Crippen molar-refractivity contribution in [3.8, 4) is 0 Å². The highest BCUT2D eigenvalue weighted by molar-refractivity contribution is 5.69. The molecular weight excluding hydrogens is 368 g/mol. The first kappa shape index (κ1) is 18.8. The summed E-state index contributed by atoms with van der Waals surface area (Å²) in [6.07, 6.45) is -0.404. The summed E-state index contributed by atoms with van der Waals surface area (Å²) in [7, 11) is 0. The summed E-state index contributed by atoms with van der Waals surface area (Å²) in [4.78, 5) is 14.3. The van der Waals surface area contributed by atoms with Gasteiger partial charge in [-0.3, -0.25) is 4.90 Å². The number of nitrogens with zero attached hydrogens (tertiary/aromatic N) is 1. The van der Waals surface area contributed by atoms with E-state index in [0.717, 1.165) is 11.6 Å². The van der Waals surface area contributed by atoms with E-state index in [-0.39, 0.29) is 38.2 Å². The Morgan fingerprint density at radius 3 is 2.46 bits per heavy atom. The van der Waals surface area contributed by atoms with E-state index in [4.69, 9.17) is 9.47 Å². The van der Waals surface area contributed by atoms with Crippen LogP contribution in [0.25, 0.3) is 0 Å². The second kappa shape index (κ2) is 7.48. The topological polar surface area (TPSA) is 59.0 Å². The van der Waals surface area contributed by atoms with Crippen LogP contribution in [0.5, 0.6) is 0 Å². The van der Waals surface area contributed by atoms with Crippen molar-refractivity contribution in [2.45, 2.75) is 37.1 Å². The van der Waals surface area contributed by atoms with E-state index in [2.05, 4.69) is 0 Å². The lowest BCUT2D eigenvalue weighted by Gasteiger charge is -2.51. The Morgan fingerprint density at radius 1 is 1.11 bits per heavy atom. The number of carbonyl (C=O) groups excluding carboxylic acids is 1. The van der Waals surface area contributed by atoms with Gasteiger partial charge in [-0.1, -0.05) is 42.5 Å². The number of rotatable bonds is 3. The Hall–Kier alpha value is -2.51. The van der Waals surface area contributed by atoms with Crippen molar-refractivity contribution in [3.05, 3.63) is 71.3 Å². The molecule has 2 bridgehead atoms. The minimum absolute atomic E-state index is 0.0459. The molecule has 2 heterocycles. The molecule has 4 rings (SSSR count). The highest BCUT2D eigenvalue weighted by Crippen LogP contribution is 2.42. The smallest absolute Gasteiger partial charge is 0.410 e. The monoisotopic (exact) mass is 389 g/mol. The maximum atomic E-state index is 14.3. The number of halogens is 2. The van der Waals surface area contributed by atoms with Crippen molar-refractivity contribution in [2.75, 3.05) is 13.2 Å². The molecule has 0 radical (unpaired) electrons. The zero-order chi connectivity index (χ0) is 19.7. The molecule has 0 spiro atoms. The zero-order valence-corrected chi connectivity index (χ0v) is 15.2. The lowest BCUT2D eigenvalue weighted by Crippen LogP contribution is -2.62. The van der Waals surface area contributed by atoms with E-state index < -0.39 is 35.4 Å². The molecule has 2 fully saturated rings. The molecule has 28 heavy (non-hydrogen) atoms. The highest BCUT2D eigenvalue weighted by atomic mass is 19.2. The molecule has 1 N–H and O–H groups in total. The van der Waals surface area contributed by atoms with Crippen LogP contribution in [0.1, 0.15) is 24.0 Å². The third-order valence-corrected chi connectivity index (χ3v) is 5.42. The second-order valence-electron chi connectivity index (χ2n) is 7.33. The van der Waals surface area contributed by atoms with Crippen LogP contribution in [0, 0.1) is 11.6 Å². The van der Waals surface area contributed by atoms with Gasteiger partial charge in [-0.05, 0) is 11.6 Å². The number of hydrogen-bond acceptors (Lipinski definition) is 4. The minimum atomic E-state index is -1.57. The number of fused-ring (bicyclic) bond motifs is 2. The number of benzene rings is 2. The van der Waals surface area contributed by atoms with Gasteiger partial charge in [0.05, 0.1) is 30.9 Å². The Balaban J connectivity index is 1.52. The molecule has 2 aliphatic heterocycles. The van der Waals surface area contributed by atoms with E-state index in [1.807, 2.05) is 30.3 Å². The van der Waals surface area contributed by atoms with Crippen molar-refractivity contribution in [1.29, 1.82) is 0 Å². The average Bonchev–Trinajstić information content (AvgIpc) is 2.68. The molecule has 7 heteroatoms. The molecule has 2 aliphatic rings. The first-order valence-electron chi connectivity index (χ1n) is 9.21. The van der Waals surface area contributed by atoms with Crippen LogP contribution >= 0.6 is 0 Å². The second-order valence-corrected chi connectivity index (χ2v) is 7.33. The van der Waals surface area contributed by atoms with Crippen molar-refractivity contribution >= 4 is 6.09 Å². The molecular formula is C21H21F2NO4. The molecule has 2 atom stereocenters. The highest BCUT2D eigenvalue weighted by Gasteiger charge is 2.50. The zero-order valence-electron chi connectivity index (χ0n) is 15.2. The van der Waals surface area contributed by atoms with E-state index in [0.29, 0.717) is 0 Å². The van der Waals surface area contributed by atoms with Gasteiger partial charge < -0.3 is 14.6 Å². The predicted molar refractivity (Wildman–Crippen MR) is 96.3 cm³/mol. The lowest BCUT2D eigenvalue weighted by atomic mass is 9.76. The molecule has 1 amide bonds. The Morgan fingerprint density at radius 2 is 1.79 bits per heavy atom. The Labute approximate surface area is 161 Å². The molecule has 2 saturated heterocycles. The molecule has 0 saturated carbocycles. The maximum absolute atomic E-state index is 14.3. The standard InChI is InChI=1S/C21H21F2NO4/c22-18-8-4-7-17(19(18)23)21(26)9-15-12-27-13-16(10-21)24(15)20(25)28-11-14-5-2-1-3-6-14/h1-8,15-16,26H,9-13H2. The summed E-state index contributed by atoms with van der Waals surface area (Å²) >= 11 is 0. The van der Waals surface area contributed by atoms with Gasteiger partial charge in [-0.25, -0.2) is 13.6 Å². The van der Waals surface area contributed by atoms with Crippen LogP contribution in [-0.4, -0.2) is 41.4 Å². The summed E-state index contributed by atoms with van der Waals surface area (Å²) in [5, 5.41) is 11.1. The maximum Gasteiger partial charge on any atom is 0.410 e. The van der Waals surface area contributed by atoms with E-state index >= 15 is 0 Å². The Kier molecular flexibility index (Phi) is 5.03. The number of ether oxygens (including phenoxy) is 2. The van der Waals surface area contributed by atoms with E-state index in [1.165, 1.54) is 12.1 Å². The quantitative estimate of drug-likeness (QED) is 0.875. The van der Waals surface area contributed by atoms with Crippen LogP contribution in [0.4, 0.5) is 13.6 Å². The van der Waals surface area contributed by atoms with Gasteiger partial charge in [0.1, 0.15) is 6.61 Å². The van der Waals surface area contributed by atoms with Gasteiger partial charge in [0.2, 0.25) is 0 Å². The van der Waals surface area contributed by atoms with Crippen molar-refractivity contribution in [3.63, 3.8) is 0 Å². The summed E-state index contributed by atoms with van der Waals surface area (Å²) in [6, 6.07) is 12.1. The van der Waals surface area contributed by atoms with E-state index in [9.17, 15) is 18.7 Å². The van der Waals surface area contributed by atoms with Gasteiger partial charge in [0.15, 0.2) is 11.6 Å². The third-order valence-electron chi connectivity index (χ3n) is 5.42. The number of hydrogen-bond donors (Lipinski definition) is 1. The molecule has 148 valence electrons. The van der Waals surface area contributed by atoms with Crippen molar-refractivity contribution in [1.82, 2.24) is 4.90 Å². The molecule has 0 aromatic heterocycles. The number of carbonyl (C=O) groups is 1. The summed E-state index contributed by atoms with van der Waals surface area (Å²) in [5.74, 6) is -2.05. The normalized spacial score (nSPS) is 26.8. The number of morpholine rings is 1. The Bertz CT molecular complexity index is 847. The third kappa shape index (κ3) is 3.47. The molecule has 2 aromatic carbocycles. The van der Waals surface area contributed by atoms with Gasteiger partial charge in [-0.2, -0.15) is 0 Å². The van der Waals surface area contributed by atoms with Gasteiger partial charge >= 0.3 is 6.09 Å². The average molecular weight is 389 g/mol. The van der Waals surface area contributed by atoms with Gasteiger partial charge in [-0.15, -0.1) is 0 Å². The SMILES string of the molecule is O=C(OCc1ccccc1)N1C2COCC1CC(O)(c1cccc(F)c1F)C2. The van der Waals surface area contributed by atoms with Crippen LogP contribution in [0.2, 0.25) is 0 Å². The lowest BCUT2D eigenvalue weighted by molar-refractivity contribution is -0.138. The molecule has 2 unspecified atom stereocenters. The fraction of sp³-hybridized carbons (Fsp3) is 0.381. The summed E-state index contributed by atoms with van der Waals surface area (Å²) in [5.41, 5.74) is -0.782. The summed E-state index contributed by atoms with van der Waals surface area (Å²) in [6.45, 7) is 0.547. The molecule has 5 nitrogen and oxygen atoms in total. The largest absolute Gasteiger partial charge is 0.445 e.